The van der Waals surface area contributed by atoms with Crippen LogP contribution in [0.5, 0.6) is 0 Å². The summed E-state index contributed by atoms with van der Waals surface area (Å²) >= 11 is 5.01. The molecule has 90 valence electrons. The van der Waals surface area contributed by atoms with Gasteiger partial charge in [0.2, 0.25) is 0 Å². The molecule has 0 radical (unpaired) electrons. The van der Waals surface area contributed by atoms with Crippen molar-refractivity contribution < 1.29 is 9.50 Å². The highest BCUT2D eigenvalue weighted by Gasteiger charge is 2.14. The second kappa shape index (κ2) is 5.29. The zero-order chi connectivity index (χ0) is 12.4. The largest absolute Gasteiger partial charge is 0.387 e. The fraction of sp³-hybridized carbons (Fsp3) is 0.231. The van der Waals surface area contributed by atoms with Crippen LogP contribution < -0.4 is 0 Å². The number of aliphatic hydroxyl groups excluding tert-OH is 1. The lowest BCUT2D eigenvalue weighted by Crippen LogP contribution is -2.00. The molecule has 1 N–H and O–H groups in total. The van der Waals surface area contributed by atoms with Gasteiger partial charge in [0.05, 0.1) is 6.10 Å². The molecule has 0 saturated heterocycles. The normalized spacial score (nSPS) is 12.7. The molecule has 0 aliphatic heterocycles. The molecule has 0 aliphatic carbocycles. The minimum Gasteiger partial charge on any atom is -0.387 e. The predicted molar refractivity (Wildman–Crippen MR) is 71.8 cm³/mol. The number of halogens is 2. The van der Waals surface area contributed by atoms with Crippen molar-refractivity contribution in [2.24, 2.45) is 0 Å². The fourth-order valence-electron chi connectivity index (χ4n) is 1.66. The molecule has 2 aromatic rings. The van der Waals surface area contributed by atoms with Gasteiger partial charge < -0.3 is 5.11 Å². The van der Waals surface area contributed by atoms with Gasteiger partial charge in [0, 0.05) is 20.6 Å². The topological polar surface area (TPSA) is 20.2 Å². The van der Waals surface area contributed by atoms with Crippen molar-refractivity contribution in [3.05, 3.63) is 55.9 Å². The highest BCUT2D eigenvalue weighted by Crippen LogP contribution is 2.33. The molecule has 1 heterocycles. The molecule has 17 heavy (non-hydrogen) atoms. The molecule has 4 heteroatoms. The number of hydrogen-bond acceptors (Lipinski definition) is 2. The molecule has 1 aromatic carbocycles. The molecule has 1 nitrogen and oxygen atoms in total. The minimum atomic E-state index is -0.548. The van der Waals surface area contributed by atoms with Gasteiger partial charge in [-0.3, -0.25) is 0 Å². The lowest BCUT2D eigenvalue weighted by molar-refractivity contribution is 0.181. The molecular weight excluding hydrogens is 303 g/mol. The summed E-state index contributed by atoms with van der Waals surface area (Å²) in [5, 5.41) is 10.1. The second-order valence-corrected chi connectivity index (χ2v) is 6.06. The van der Waals surface area contributed by atoms with Crippen molar-refractivity contribution in [1.82, 2.24) is 0 Å². The Morgan fingerprint density at radius 3 is 2.53 bits per heavy atom. The van der Waals surface area contributed by atoms with Gasteiger partial charge in [-0.2, -0.15) is 0 Å². The maximum atomic E-state index is 12.7. The van der Waals surface area contributed by atoms with Gasteiger partial charge in [0.25, 0.3) is 0 Å². The van der Waals surface area contributed by atoms with Crippen molar-refractivity contribution in [2.75, 3.05) is 0 Å². The smallest absolute Gasteiger partial charge is 0.123 e. The second-order valence-electron chi connectivity index (χ2n) is 3.92. The Morgan fingerprint density at radius 2 is 2.00 bits per heavy atom. The molecule has 1 unspecified atom stereocenters. The first-order chi connectivity index (χ1) is 8.06. The van der Waals surface area contributed by atoms with Gasteiger partial charge in [-0.15, -0.1) is 11.3 Å². The quantitative estimate of drug-likeness (QED) is 0.898. The van der Waals surface area contributed by atoms with E-state index in [1.54, 1.807) is 23.5 Å². The van der Waals surface area contributed by atoms with Crippen LogP contribution in [0.1, 0.15) is 21.4 Å². The first-order valence-corrected chi connectivity index (χ1v) is 6.85. The van der Waals surface area contributed by atoms with Crippen LogP contribution in [-0.4, -0.2) is 5.11 Å². The van der Waals surface area contributed by atoms with Crippen LogP contribution in [0.15, 0.2) is 34.8 Å². The van der Waals surface area contributed by atoms with E-state index in [2.05, 4.69) is 15.9 Å². The van der Waals surface area contributed by atoms with Gasteiger partial charge in [0.15, 0.2) is 0 Å². The van der Waals surface area contributed by atoms with E-state index in [9.17, 15) is 9.50 Å². The van der Waals surface area contributed by atoms with E-state index in [1.165, 1.54) is 12.1 Å². The van der Waals surface area contributed by atoms with Gasteiger partial charge in [-0.1, -0.05) is 12.1 Å². The molecule has 2 rings (SSSR count). The first-order valence-electron chi connectivity index (χ1n) is 5.24. The molecule has 0 spiro atoms. The van der Waals surface area contributed by atoms with Gasteiger partial charge >= 0.3 is 0 Å². The number of aliphatic hydroxyl groups is 1. The third-order valence-corrected chi connectivity index (χ3v) is 4.55. The summed E-state index contributed by atoms with van der Waals surface area (Å²) in [7, 11) is 0. The summed E-state index contributed by atoms with van der Waals surface area (Å²) in [5.41, 5.74) is 0.928. The van der Waals surface area contributed by atoms with Crippen molar-refractivity contribution in [3.63, 3.8) is 0 Å². The third-order valence-electron chi connectivity index (χ3n) is 2.48. The summed E-state index contributed by atoms with van der Waals surface area (Å²) < 4.78 is 13.7. The summed E-state index contributed by atoms with van der Waals surface area (Å²) in [5.74, 6) is -0.253. The minimum absolute atomic E-state index is 0.253. The summed E-state index contributed by atoms with van der Waals surface area (Å²) in [6.07, 6.45) is -0.0488. The number of aryl methyl sites for hydroxylation is 1. The van der Waals surface area contributed by atoms with Gasteiger partial charge in [-0.05, 0) is 46.6 Å². The molecule has 1 atom stereocenters. The Morgan fingerprint density at radius 1 is 1.35 bits per heavy atom. The Balaban J connectivity index is 2.14. The molecule has 1 aromatic heterocycles. The Labute approximate surface area is 112 Å². The van der Waals surface area contributed by atoms with Crippen molar-refractivity contribution in [1.29, 1.82) is 0 Å². The van der Waals surface area contributed by atoms with Crippen LogP contribution in [0.3, 0.4) is 0 Å². The summed E-state index contributed by atoms with van der Waals surface area (Å²) in [4.78, 5) is 2.08. The van der Waals surface area contributed by atoms with E-state index >= 15 is 0 Å². The predicted octanol–water partition coefficient (Wildman–Crippen LogP) is 4.23. The van der Waals surface area contributed by atoms with Crippen molar-refractivity contribution in [2.45, 2.75) is 19.4 Å². The highest BCUT2D eigenvalue weighted by atomic mass is 79.9. The molecule has 0 fully saturated rings. The monoisotopic (exact) mass is 314 g/mol. The van der Waals surface area contributed by atoms with E-state index in [4.69, 9.17) is 0 Å². The van der Waals surface area contributed by atoms with Crippen LogP contribution in [0.4, 0.5) is 4.39 Å². The van der Waals surface area contributed by atoms with E-state index in [0.29, 0.717) is 6.42 Å². The average Bonchev–Trinajstić information content (AvgIpc) is 2.61. The summed E-state index contributed by atoms with van der Waals surface area (Å²) in [6.45, 7) is 2.00. The van der Waals surface area contributed by atoms with Gasteiger partial charge in [0.1, 0.15) is 5.82 Å². The third kappa shape index (κ3) is 3.15. The average molecular weight is 315 g/mol. The fourth-order valence-corrected chi connectivity index (χ4v) is 3.57. The van der Waals surface area contributed by atoms with E-state index in [0.717, 1.165) is 19.8 Å². The molecule has 0 bridgehead atoms. The molecule has 0 aliphatic rings. The SMILES string of the molecule is Cc1cc(Br)c(C(O)Cc2ccc(F)cc2)s1. The van der Waals surface area contributed by atoms with Gasteiger partial charge in [-0.25, -0.2) is 4.39 Å². The van der Waals surface area contributed by atoms with Crippen molar-refractivity contribution in [3.8, 4) is 0 Å². The van der Waals surface area contributed by atoms with E-state index in [1.807, 2.05) is 13.0 Å². The first kappa shape index (κ1) is 12.7. The zero-order valence-electron chi connectivity index (χ0n) is 9.28. The zero-order valence-corrected chi connectivity index (χ0v) is 11.7. The maximum Gasteiger partial charge on any atom is 0.123 e. The Kier molecular flexibility index (Phi) is 3.97. The number of hydrogen-bond donors (Lipinski definition) is 1. The molecular formula is C13H12BrFOS. The van der Waals surface area contributed by atoms with E-state index < -0.39 is 6.10 Å². The lowest BCUT2D eigenvalue weighted by atomic mass is 10.1. The van der Waals surface area contributed by atoms with Crippen LogP contribution in [0.2, 0.25) is 0 Å². The highest BCUT2D eigenvalue weighted by molar-refractivity contribution is 9.10. The molecule has 0 saturated carbocycles. The number of thiophene rings is 1. The van der Waals surface area contributed by atoms with Crippen molar-refractivity contribution >= 4 is 27.3 Å². The number of rotatable bonds is 3. The molecule has 0 amide bonds. The number of benzene rings is 1. The van der Waals surface area contributed by atoms with E-state index in [-0.39, 0.29) is 5.82 Å². The lowest BCUT2D eigenvalue weighted by Gasteiger charge is -2.09. The van der Waals surface area contributed by atoms with Crippen LogP contribution >= 0.6 is 27.3 Å². The Bertz CT molecular complexity index is 507. The van der Waals surface area contributed by atoms with Crippen LogP contribution in [0, 0.1) is 12.7 Å². The van der Waals surface area contributed by atoms with Crippen LogP contribution in [-0.2, 0) is 6.42 Å². The Hall–Kier alpha value is -0.710. The standard InChI is InChI=1S/C13H12BrFOS/c1-8-6-11(14)13(17-8)12(16)7-9-2-4-10(15)5-3-9/h2-6,12,16H,7H2,1H3. The maximum absolute atomic E-state index is 12.7. The summed E-state index contributed by atoms with van der Waals surface area (Å²) in [6, 6.07) is 8.22. The van der Waals surface area contributed by atoms with Crippen LogP contribution in [0.25, 0.3) is 0 Å².